The maximum absolute atomic E-state index is 5.08. The number of anilines is 2. The second kappa shape index (κ2) is 5.16. The van der Waals surface area contributed by atoms with E-state index in [4.69, 9.17) is 4.74 Å². The molecular formula is C12H20N6O. The zero-order valence-corrected chi connectivity index (χ0v) is 11.4. The Labute approximate surface area is 112 Å². The van der Waals surface area contributed by atoms with Crippen LogP contribution in [0.5, 0.6) is 6.01 Å². The molecule has 1 saturated heterocycles. The van der Waals surface area contributed by atoms with Crippen molar-refractivity contribution in [3.05, 3.63) is 0 Å². The lowest BCUT2D eigenvalue weighted by Crippen LogP contribution is -2.28. The topological polar surface area (TPSA) is 75.2 Å². The van der Waals surface area contributed by atoms with Crippen LogP contribution < -0.4 is 15.4 Å². The lowest BCUT2D eigenvalue weighted by Gasteiger charge is -2.16. The van der Waals surface area contributed by atoms with Gasteiger partial charge >= 0.3 is 6.01 Å². The van der Waals surface area contributed by atoms with Crippen molar-refractivity contribution < 1.29 is 4.74 Å². The van der Waals surface area contributed by atoms with E-state index < -0.39 is 0 Å². The summed E-state index contributed by atoms with van der Waals surface area (Å²) in [7, 11) is 3.34. The predicted molar refractivity (Wildman–Crippen MR) is 72.5 cm³/mol. The van der Waals surface area contributed by atoms with Crippen LogP contribution in [-0.4, -0.2) is 59.2 Å². The minimum Gasteiger partial charge on any atom is -0.467 e. The number of rotatable bonds is 5. The van der Waals surface area contributed by atoms with Gasteiger partial charge in [-0.1, -0.05) is 0 Å². The van der Waals surface area contributed by atoms with Crippen LogP contribution in [0.1, 0.15) is 19.3 Å². The number of ether oxygens (including phenoxy) is 1. The lowest BCUT2D eigenvalue weighted by atomic mass is 10.3. The fraction of sp³-hybridized carbons (Fsp3) is 0.750. The summed E-state index contributed by atoms with van der Waals surface area (Å²) < 4.78 is 5.08. The third kappa shape index (κ3) is 2.86. The van der Waals surface area contributed by atoms with Gasteiger partial charge in [-0.2, -0.15) is 15.0 Å². The normalized spacial score (nSPS) is 23.4. The minimum absolute atomic E-state index is 0.332. The van der Waals surface area contributed by atoms with Gasteiger partial charge in [0.15, 0.2) is 0 Å². The maximum Gasteiger partial charge on any atom is 0.322 e. The zero-order chi connectivity index (χ0) is 13.2. The molecule has 0 aromatic carbocycles. The van der Waals surface area contributed by atoms with Crippen LogP contribution in [0.2, 0.25) is 0 Å². The van der Waals surface area contributed by atoms with Gasteiger partial charge < -0.3 is 15.4 Å². The van der Waals surface area contributed by atoms with Gasteiger partial charge in [-0.15, -0.1) is 0 Å². The number of nitrogens with zero attached hydrogens (tertiary/aromatic N) is 4. The summed E-state index contributed by atoms with van der Waals surface area (Å²) in [6.45, 7) is 2.25. The molecule has 1 atom stereocenters. The van der Waals surface area contributed by atoms with Crippen LogP contribution in [0.3, 0.4) is 0 Å². The Bertz CT molecular complexity index is 428. The molecule has 1 aromatic heterocycles. The van der Waals surface area contributed by atoms with Gasteiger partial charge in [-0.05, 0) is 19.3 Å². The smallest absolute Gasteiger partial charge is 0.322 e. The standard InChI is InChI=1S/C12H20N6O/c1-13-10-15-11(17-12(16-10)19-2)14-8-5-6-18(7-8)9-3-4-9/h8-9H,3-7H2,1-2H3,(H2,13,14,15,16,17). The van der Waals surface area contributed by atoms with Crippen LogP contribution in [0, 0.1) is 0 Å². The highest BCUT2D eigenvalue weighted by molar-refractivity contribution is 5.36. The predicted octanol–water partition coefficient (Wildman–Crippen LogP) is 0.570. The molecule has 0 amide bonds. The Morgan fingerprint density at radius 1 is 1.16 bits per heavy atom. The van der Waals surface area contributed by atoms with Crippen molar-refractivity contribution in [1.29, 1.82) is 0 Å². The van der Waals surface area contributed by atoms with E-state index in [1.807, 2.05) is 0 Å². The molecule has 104 valence electrons. The molecule has 1 saturated carbocycles. The van der Waals surface area contributed by atoms with E-state index >= 15 is 0 Å². The van der Waals surface area contributed by atoms with Crippen molar-refractivity contribution in [3.8, 4) is 6.01 Å². The molecule has 7 nitrogen and oxygen atoms in total. The molecule has 0 spiro atoms. The molecular weight excluding hydrogens is 244 g/mol. The van der Waals surface area contributed by atoms with Crippen molar-refractivity contribution in [3.63, 3.8) is 0 Å². The largest absolute Gasteiger partial charge is 0.467 e. The second-order valence-corrected chi connectivity index (χ2v) is 5.08. The fourth-order valence-corrected chi connectivity index (χ4v) is 2.48. The molecule has 2 aliphatic rings. The monoisotopic (exact) mass is 264 g/mol. The molecule has 7 heteroatoms. The van der Waals surface area contributed by atoms with Crippen molar-refractivity contribution in [2.75, 3.05) is 37.9 Å². The highest BCUT2D eigenvalue weighted by Crippen LogP contribution is 2.30. The van der Waals surface area contributed by atoms with Gasteiger partial charge in [-0.25, -0.2) is 0 Å². The van der Waals surface area contributed by atoms with Crippen LogP contribution in [-0.2, 0) is 0 Å². The molecule has 1 aliphatic heterocycles. The summed E-state index contributed by atoms with van der Waals surface area (Å²) in [5.41, 5.74) is 0. The summed E-state index contributed by atoms with van der Waals surface area (Å²) >= 11 is 0. The summed E-state index contributed by atoms with van der Waals surface area (Å²) in [5, 5.41) is 6.29. The molecule has 1 aliphatic carbocycles. The van der Waals surface area contributed by atoms with Gasteiger partial charge in [0.1, 0.15) is 0 Å². The van der Waals surface area contributed by atoms with E-state index in [0.717, 1.165) is 19.0 Å². The summed E-state index contributed by atoms with van der Waals surface area (Å²) in [6.07, 6.45) is 3.85. The molecule has 2 heterocycles. The third-order valence-electron chi connectivity index (χ3n) is 3.64. The highest BCUT2D eigenvalue weighted by atomic mass is 16.5. The van der Waals surface area contributed by atoms with Gasteiger partial charge in [0.25, 0.3) is 0 Å². The molecule has 3 rings (SSSR count). The van der Waals surface area contributed by atoms with Crippen molar-refractivity contribution in [1.82, 2.24) is 19.9 Å². The Morgan fingerprint density at radius 3 is 2.63 bits per heavy atom. The van der Waals surface area contributed by atoms with Crippen molar-refractivity contribution in [2.45, 2.75) is 31.3 Å². The van der Waals surface area contributed by atoms with Crippen molar-refractivity contribution in [2.24, 2.45) is 0 Å². The first-order valence-corrected chi connectivity index (χ1v) is 6.77. The van der Waals surface area contributed by atoms with Crippen molar-refractivity contribution >= 4 is 11.9 Å². The zero-order valence-electron chi connectivity index (χ0n) is 11.4. The Kier molecular flexibility index (Phi) is 3.37. The minimum atomic E-state index is 0.332. The Balaban J connectivity index is 1.65. The number of methoxy groups -OCH3 is 1. The van der Waals surface area contributed by atoms with E-state index in [0.29, 0.717) is 23.9 Å². The fourth-order valence-electron chi connectivity index (χ4n) is 2.48. The molecule has 2 fully saturated rings. The van der Waals surface area contributed by atoms with E-state index in [2.05, 4.69) is 30.5 Å². The Hall–Kier alpha value is -1.63. The molecule has 0 radical (unpaired) electrons. The third-order valence-corrected chi connectivity index (χ3v) is 3.64. The molecule has 2 N–H and O–H groups in total. The first kappa shape index (κ1) is 12.4. The quantitative estimate of drug-likeness (QED) is 0.805. The number of hydrogen-bond acceptors (Lipinski definition) is 7. The highest BCUT2D eigenvalue weighted by Gasteiger charge is 2.34. The van der Waals surface area contributed by atoms with Crippen LogP contribution in [0.25, 0.3) is 0 Å². The number of nitrogens with one attached hydrogen (secondary N) is 2. The molecule has 0 bridgehead atoms. The summed E-state index contributed by atoms with van der Waals surface area (Å²) in [6, 6.07) is 1.57. The summed E-state index contributed by atoms with van der Waals surface area (Å²) in [4.78, 5) is 15.2. The van der Waals surface area contributed by atoms with Crippen LogP contribution >= 0.6 is 0 Å². The number of likely N-dealkylation sites (tertiary alicyclic amines) is 1. The first-order chi connectivity index (χ1) is 9.28. The molecule has 1 unspecified atom stereocenters. The Morgan fingerprint density at radius 2 is 1.95 bits per heavy atom. The van der Waals surface area contributed by atoms with Crippen LogP contribution in [0.15, 0.2) is 0 Å². The van der Waals surface area contributed by atoms with Gasteiger partial charge in [0, 0.05) is 32.2 Å². The van der Waals surface area contributed by atoms with Gasteiger partial charge in [-0.3, -0.25) is 4.90 Å². The van der Waals surface area contributed by atoms with Gasteiger partial charge in [0.2, 0.25) is 11.9 Å². The second-order valence-electron chi connectivity index (χ2n) is 5.08. The summed E-state index contributed by atoms with van der Waals surface area (Å²) in [5.74, 6) is 1.10. The SMILES string of the molecule is CNc1nc(NC2CCN(C3CC3)C2)nc(OC)n1. The number of hydrogen-bond donors (Lipinski definition) is 2. The first-order valence-electron chi connectivity index (χ1n) is 6.77. The average Bonchev–Trinajstić information content (AvgIpc) is 3.19. The maximum atomic E-state index is 5.08. The number of aromatic nitrogens is 3. The molecule has 19 heavy (non-hydrogen) atoms. The van der Waals surface area contributed by atoms with E-state index in [1.165, 1.54) is 19.4 Å². The van der Waals surface area contributed by atoms with E-state index in [1.54, 1.807) is 14.2 Å². The van der Waals surface area contributed by atoms with Gasteiger partial charge in [0.05, 0.1) is 7.11 Å². The van der Waals surface area contributed by atoms with E-state index in [-0.39, 0.29) is 0 Å². The van der Waals surface area contributed by atoms with E-state index in [9.17, 15) is 0 Å². The average molecular weight is 264 g/mol. The molecule has 1 aromatic rings. The van der Waals surface area contributed by atoms with Crippen LogP contribution in [0.4, 0.5) is 11.9 Å². The lowest BCUT2D eigenvalue weighted by molar-refractivity contribution is 0.326.